The van der Waals surface area contributed by atoms with Crippen molar-refractivity contribution in [3.05, 3.63) is 46.7 Å². The second kappa shape index (κ2) is 7.49. The van der Waals surface area contributed by atoms with Crippen molar-refractivity contribution in [3.8, 4) is 0 Å². The average molecular weight is 307 g/mol. The van der Waals surface area contributed by atoms with Gasteiger partial charge in [-0.05, 0) is 17.7 Å². The lowest BCUT2D eigenvalue weighted by molar-refractivity contribution is 0.0999. The topological polar surface area (TPSA) is 63.6 Å². The molecule has 5 nitrogen and oxygen atoms in total. The van der Waals surface area contributed by atoms with Crippen LogP contribution in [0.5, 0.6) is 0 Å². The van der Waals surface area contributed by atoms with Crippen LogP contribution in [0.4, 0.5) is 9.52 Å². The summed E-state index contributed by atoms with van der Waals surface area (Å²) in [7, 11) is 1.75. The zero-order valence-electron chi connectivity index (χ0n) is 11.4. The molecular weight excluding hydrogens is 293 g/mol. The largest absolute Gasteiger partial charge is 0.391 e. The van der Waals surface area contributed by atoms with Gasteiger partial charge in [-0.3, -0.25) is 4.79 Å². The van der Waals surface area contributed by atoms with Crippen LogP contribution >= 0.6 is 11.3 Å². The van der Waals surface area contributed by atoms with Gasteiger partial charge in [0.15, 0.2) is 10.9 Å². The Balaban J connectivity index is 1.74. The fraction of sp³-hybridized carbons (Fsp3) is 0.214. The molecule has 0 aliphatic carbocycles. The highest BCUT2D eigenvalue weighted by Gasteiger charge is 2.08. The highest BCUT2D eigenvalue weighted by Crippen LogP contribution is 2.18. The molecule has 1 aromatic carbocycles. The summed E-state index contributed by atoms with van der Waals surface area (Å²) in [5.74, 6) is -0.360. The molecule has 110 valence electrons. The van der Waals surface area contributed by atoms with Gasteiger partial charge < -0.3 is 10.2 Å². The normalized spacial score (nSPS) is 10.8. The number of carbonyl (C=O) groups is 1. The fourth-order valence-electron chi connectivity index (χ4n) is 1.48. The number of halogens is 1. The number of carbonyl (C=O) groups excluding carboxylic acids is 1. The third kappa shape index (κ3) is 4.64. The minimum atomic E-state index is -0.293. The van der Waals surface area contributed by atoms with Crippen LogP contribution < -0.4 is 5.32 Å². The van der Waals surface area contributed by atoms with Gasteiger partial charge in [0.1, 0.15) is 12.4 Å². The molecule has 0 saturated heterocycles. The highest BCUT2D eigenvalue weighted by molar-refractivity contribution is 7.17. The Bertz CT molecular complexity index is 625. The number of anilines is 1. The smallest absolute Gasteiger partial charge is 0.183 e. The van der Waals surface area contributed by atoms with Crippen LogP contribution in [0.15, 0.2) is 35.6 Å². The Morgan fingerprint density at radius 3 is 2.90 bits per heavy atom. The number of ketones is 1. The van der Waals surface area contributed by atoms with Gasteiger partial charge in [0.25, 0.3) is 0 Å². The highest BCUT2D eigenvalue weighted by atomic mass is 32.1. The van der Waals surface area contributed by atoms with E-state index in [4.69, 9.17) is 4.84 Å². The van der Waals surface area contributed by atoms with Crippen LogP contribution in [0.2, 0.25) is 0 Å². The van der Waals surface area contributed by atoms with Crippen molar-refractivity contribution in [2.75, 3.05) is 12.4 Å². The maximum atomic E-state index is 12.7. The SMILES string of the molecule is CNc1ncc(C(=O)C/C=N\OCc2ccc(F)cc2)s1. The number of hydrogen-bond acceptors (Lipinski definition) is 6. The van der Waals surface area contributed by atoms with Crippen molar-refractivity contribution < 1.29 is 14.0 Å². The van der Waals surface area contributed by atoms with Gasteiger partial charge in [0.2, 0.25) is 0 Å². The Kier molecular flexibility index (Phi) is 5.39. The molecule has 1 N–H and O–H groups in total. The molecule has 7 heteroatoms. The Labute approximate surface area is 125 Å². The standard InChI is InChI=1S/C14H14FN3O2S/c1-16-14-17-8-13(21-14)12(19)6-7-18-20-9-10-2-4-11(15)5-3-10/h2-5,7-8H,6,9H2,1H3,(H,16,17)/b18-7-. The van der Waals surface area contributed by atoms with Crippen LogP contribution in [-0.4, -0.2) is 24.0 Å². The van der Waals surface area contributed by atoms with Gasteiger partial charge >= 0.3 is 0 Å². The first kappa shape index (κ1) is 15.1. The van der Waals surface area contributed by atoms with Crippen molar-refractivity contribution >= 4 is 28.5 Å². The number of nitrogens with one attached hydrogen (secondary N) is 1. The van der Waals surface area contributed by atoms with E-state index >= 15 is 0 Å². The molecule has 0 aliphatic heterocycles. The van der Waals surface area contributed by atoms with Gasteiger partial charge in [-0.2, -0.15) is 0 Å². The maximum Gasteiger partial charge on any atom is 0.183 e. The van der Waals surface area contributed by atoms with E-state index in [1.54, 1.807) is 19.2 Å². The molecule has 0 unspecified atom stereocenters. The fourth-order valence-corrected chi connectivity index (χ4v) is 2.20. The lowest BCUT2D eigenvalue weighted by Gasteiger charge is -1.99. The molecule has 1 aromatic heterocycles. The van der Waals surface area contributed by atoms with Gasteiger partial charge in [-0.1, -0.05) is 28.6 Å². The van der Waals surface area contributed by atoms with Gasteiger partial charge in [0, 0.05) is 7.05 Å². The number of nitrogens with zero attached hydrogens (tertiary/aromatic N) is 2. The van der Waals surface area contributed by atoms with Crippen LogP contribution in [0.1, 0.15) is 21.7 Å². The molecule has 0 amide bonds. The Morgan fingerprint density at radius 1 is 1.48 bits per heavy atom. The molecule has 0 radical (unpaired) electrons. The minimum absolute atomic E-state index is 0.0665. The van der Waals surface area contributed by atoms with E-state index in [0.717, 1.165) is 5.56 Å². The molecule has 0 saturated carbocycles. The zero-order chi connectivity index (χ0) is 15.1. The van der Waals surface area contributed by atoms with Crippen molar-refractivity contribution in [1.82, 2.24) is 4.98 Å². The van der Waals surface area contributed by atoms with E-state index in [-0.39, 0.29) is 24.6 Å². The van der Waals surface area contributed by atoms with Crippen molar-refractivity contribution in [2.45, 2.75) is 13.0 Å². The summed E-state index contributed by atoms with van der Waals surface area (Å²) < 4.78 is 12.7. The average Bonchev–Trinajstić information content (AvgIpc) is 2.98. The van der Waals surface area contributed by atoms with Crippen LogP contribution in [0.3, 0.4) is 0 Å². The second-order valence-corrected chi connectivity index (χ2v) is 5.13. The van der Waals surface area contributed by atoms with Crippen LogP contribution in [-0.2, 0) is 11.4 Å². The molecule has 0 bridgehead atoms. The monoisotopic (exact) mass is 307 g/mol. The van der Waals surface area contributed by atoms with E-state index in [0.29, 0.717) is 10.0 Å². The molecule has 2 rings (SSSR count). The minimum Gasteiger partial charge on any atom is -0.391 e. The third-order valence-electron chi connectivity index (χ3n) is 2.56. The van der Waals surface area contributed by atoms with Crippen molar-refractivity contribution in [2.24, 2.45) is 5.16 Å². The molecule has 0 fully saturated rings. The Morgan fingerprint density at radius 2 is 2.24 bits per heavy atom. The first-order valence-electron chi connectivity index (χ1n) is 6.24. The van der Waals surface area contributed by atoms with Crippen molar-refractivity contribution in [3.63, 3.8) is 0 Å². The molecule has 0 aliphatic rings. The Hall–Kier alpha value is -2.28. The van der Waals surface area contributed by atoms with Crippen LogP contribution in [0.25, 0.3) is 0 Å². The third-order valence-corrected chi connectivity index (χ3v) is 3.62. The molecule has 1 heterocycles. The number of oxime groups is 1. The molecule has 0 atom stereocenters. The van der Waals surface area contributed by atoms with Gasteiger partial charge in [-0.25, -0.2) is 9.37 Å². The van der Waals surface area contributed by atoms with E-state index in [9.17, 15) is 9.18 Å². The maximum absolute atomic E-state index is 12.7. The summed E-state index contributed by atoms with van der Waals surface area (Å²) in [5.41, 5.74) is 0.806. The summed E-state index contributed by atoms with van der Waals surface area (Å²) in [4.78, 5) is 21.4. The van der Waals surface area contributed by atoms with E-state index in [1.165, 1.54) is 35.9 Å². The first-order valence-corrected chi connectivity index (χ1v) is 7.05. The zero-order valence-corrected chi connectivity index (χ0v) is 12.2. The summed E-state index contributed by atoms with van der Waals surface area (Å²) in [6.45, 7) is 0.232. The lowest BCUT2D eigenvalue weighted by Crippen LogP contribution is -1.97. The number of aromatic nitrogens is 1. The van der Waals surface area contributed by atoms with E-state index in [2.05, 4.69) is 15.5 Å². The van der Waals surface area contributed by atoms with E-state index in [1.807, 2.05) is 0 Å². The summed E-state index contributed by atoms with van der Waals surface area (Å²) in [6.07, 6.45) is 3.09. The molecule has 2 aromatic rings. The van der Waals surface area contributed by atoms with Gasteiger partial charge in [0.05, 0.1) is 23.7 Å². The second-order valence-electron chi connectivity index (χ2n) is 4.09. The number of benzene rings is 1. The summed E-state index contributed by atoms with van der Waals surface area (Å²) in [6, 6.07) is 5.95. The summed E-state index contributed by atoms with van der Waals surface area (Å²) >= 11 is 1.29. The van der Waals surface area contributed by atoms with Crippen molar-refractivity contribution in [1.29, 1.82) is 0 Å². The number of hydrogen-bond donors (Lipinski definition) is 1. The van der Waals surface area contributed by atoms with Crippen LogP contribution in [0, 0.1) is 5.82 Å². The number of Topliss-reactive ketones (excluding diaryl/α,β-unsaturated/α-hetero) is 1. The quantitative estimate of drug-likeness (QED) is 0.485. The predicted molar refractivity (Wildman–Crippen MR) is 80.3 cm³/mol. The lowest BCUT2D eigenvalue weighted by atomic mass is 10.2. The van der Waals surface area contributed by atoms with Gasteiger partial charge in [-0.15, -0.1) is 0 Å². The number of rotatable bonds is 7. The molecule has 21 heavy (non-hydrogen) atoms. The molecular formula is C14H14FN3O2S. The predicted octanol–water partition coefficient (Wildman–Crippen LogP) is 3.10. The first-order chi connectivity index (χ1) is 10.2. The molecule has 0 spiro atoms. The van der Waals surface area contributed by atoms with E-state index < -0.39 is 0 Å². The number of thiazole rings is 1. The summed E-state index contributed by atoms with van der Waals surface area (Å²) in [5, 5.41) is 7.28.